The maximum atomic E-state index is 6.00. The second-order valence-electron chi connectivity index (χ2n) is 5.21. The lowest BCUT2D eigenvalue weighted by Gasteiger charge is -2.20. The third-order valence-electron chi connectivity index (χ3n) is 3.19. The SMILES string of the molecule is CC(C)C(c1nc(-c2ccc(Cl)c(Cl)c2)no1)C(C)N. The second kappa shape index (κ2) is 6.12. The molecule has 1 heterocycles. The van der Waals surface area contributed by atoms with Crippen LogP contribution in [-0.4, -0.2) is 16.2 Å². The van der Waals surface area contributed by atoms with Gasteiger partial charge in [0.1, 0.15) is 0 Å². The Labute approximate surface area is 128 Å². The molecule has 0 bridgehead atoms. The maximum absolute atomic E-state index is 6.00. The number of hydrogen-bond acceptors (Lipinski definition) is 4. The van der Waals surface area contributed by atoms with Gasteiger partial charge in [-0.1, -0.05) is 42.2 Å². The van der Waals surface area contributed by atoms with Crippen LogP contribution in [0.2, 0.25) is 10.0 Å². The summed E-state index contributed by atoms with van der Waals surface area (Å²) >= 11 is 11.9. The van der Waals surface area contributed by atoms with Crippen LogP contribution >= 0.6 is 23.2 Å². The molecule has 6 heteroatoms. The van der Waals surface area contributed by atoms with E-state index in [-0.39, 0.29) is 12.0 Å². The minimum atomic E-state index is -0.0582. The van der Waals surface area contributed by atoms with Gasteiger partial charge in [-0.3, -0.25) is 0 Å². The molecule has 0 aliphatic heterocycles. The molecule has 2 atom stereocenters. The van der Waals surface area contributed by atoms with Crippen LogP contribution in [0.5, 0.6) is 0 Å². The summed E-state index contributed by atoms with van der Waals surface area (Å²) < 4.78 is 5.36. The summed E-state index contributed by atoms with van der Waals surface area (Å²) in [6.45, 7) is 6.10. The number of halogens is 2. The van der Waals surface area contributed by atoms with Gasteiger partial charge in [0.25, 0.3) is 0 Å². The van der Waals surface area contributed by atoms with Gasteiger partial charge >= 0.3 is 0 Å². The van der Waals surface area contributed by atoms with E-state index in [0.29, 0.717) is 27.7 Å². The smallest absolute Gasteiger partial charge is 0.231 e. The van der Waals surface area contributed by atoms with Gasteiger partial charge in [-0.2, -0.15) is 4.98 Å². The lowest BCUT2D eigenvalue weighted by Crippen LogP contribution is -2.28. The largest absolute Gasteiger partial charge is 0.339 e. The molecule has 0 spiro atoms. The quantitative estimate of drug-likeness (QED) is 0.921. The molecule has 0 fully saturated rings. The Kier molecular flexibility index (Phi) is 4.68. The highest BCUT2D eigenvalue weighted by molar-refractivity contribution is 6.42. The first-order valence-electron chi connectivity index (χ1n) is 6.44. The van der Waals surface area contributed by atoms with Crippen molar-refractivity contribution in [3.05, 3.63) is 34.1 Å². The minimum absolute atomic E-state index is 0.0269. The van der Waals surface area contributed by atoms with Gasteiger partial charge in [-0.25, -0.2) is 0 Å². The lowest BCUT2D eigenvalue weighted by atomic mass is 9.90. The molecule has 2 N–H and O–H groups in total. The Bertz CT molecular complexity index is 588. The van der Waals surface area contributed by atoms with Crippen molar-refractivity contribution >= 4 is 23.2 Å². The fraction of sp³-hybridized carbons (Fsp3) is 0.429. The Morgan fingerprint density at radius 1 is 1.15 bits per heavy atom. The number of nitrogens with zero attached hydrogens (tertiary/aromatic N) is 2. The number of nitrogens with two attached hydrogens (primary N) is 1. The average Bonchev–Trinajstić information content (AvgIpc) is 2.81. The van der Waals surface area contributed by atoms with Gasteiger partial charge in [0, 0.05) is 11.6 Å². The average molecular weight is 314 g/mol. The monoisotopic (exact) mass is 313 g/mol. The van der Waals surface area contributed by atoms with E-state index in [9.17, 15) is 0 Å². The molecule has 1 aromatic carbocycles. The third-order valence-corrected chi connectivity index (χ3v) is 3.93. The molecule has 0 saturated carbocycles. The maximum Gasteiger partial charge on any atom is 0.231 e. The van der Waals surface area contributed by atoms with Gasteiger partial charge in [0.05, 0.1) is 16.0 Å². The topological polar surface area (TPSA) is 64.9 Å². The molecule has 0 aliphatic carbocycles. The lowest BCUT2D eigenvalue weighted by molar-refractivity contribution is 0.300. The molecule has 0 aliphatic rings. The van der Waals surface area contributed by atoms with Gasteiger partial charge in [-0.05, 0) is 31.0 Å². The predicted molar refractivity (Wildman–Crippen MR) is 81.0 cm³/mol. The minimum Gasteiger partial charge on any atom is -0.339 e. The summed E-state index contributed by atoms with van der Waals surface area (Å²) in [6.07, 6.45) is 0. The molecular weight excluding hydrogens is 297 g/mol. The Morgan fingerprint density at radius 2 is 1.85 bits per heavy atom. The highest BCUT2D eigenvalue weighted by Crippen LogP contribution is 2.30. The Hall–Kier alpha value is -1.10. The highest BCUT2D eigenvalue weighted by atomic mass is 35.5. The molecule has 2 aromatic rings. The van der Waals surface area contributed by atoms with E-state index in [1.54, 1.807) is 18.2 Å². The Morgan fingerprint density at radius 3 is 2.40 bits per heavy atom. The summed E-state index contributed by atoms with van der Waals surface area (Å²) in [5.74, 6) is 1.39. The van der Waals surface area contributed by atoms with Crippen LogP contribution < -0.4 is 5.73 Å². The van der Waals surface area contributed by atoms with Gasteiger partial charge in [0.15, 0.2) is 0 Å². The van der Waals surface area contributed by atoms with Crippen LogP contribution in [0, 0.1) is 5.92 Å². The zero-order valence-corrected chi connectivity index (χ0v) is 13.1. The highest BCUT2D eigenvalue weighted by Gasteiger charge is 2.26. The van der Waals surface area contributed by atoms with Crippen molar-refractivity contribution in [2.75, 3.05) is 0 Å². The van der Waals surface area contributed by atoms with Crippen LogP contribution in [-0.2, 0) is 0 Å². The first kappa shape index (κ1) is 15.3. The summed E-state index contributed by atoms with van der Waals surface area (Å²) in [5.41, 5.74) is 6.76. The molecule has 0 amide bonds. The van der Waals surface area contributed by atoms with Crippen molar-refractivity contribution in [2.24, 2.45) is 11.7 Å². The zero-order valence-electron chi connectivity index (χ0n) is 11.6. The van der Waals surface area contributed by atoms with E-state index in [2.05, 4.69) is 24.0 Å². The fourth-order valence-corrected chi connectivity index (χ4v) is 2.54. The first-order chi connectivity index (χ1) is 9.40. The fourth-order valence-electron chi connectivity index (χ4n) is 2.24. The van der Waals surface area contributed by atoms with E-state index in [0.717, 1.165) is 5.56 Å². The molecular formula is C14H17Cl2N3O. The van der Waals surface area contributed by atoms with Crippen molar-refractivity contribution in [2.45, 2.75) is 32.7 Å². The van der Waals surface area contributed by atoms with Crippen molar-refractivity contribution in [1.82, 2.24) is 10.1 Å². The number of hydrogen-bond donors (Lipinski definition) is 1. The summed E-state index contributed by atoms with van der Waals surface area (Å²) in [6, 6.07) is 5.17. The summed E-state index contributed by atoms with van der Waals surface area (Å²) in [4.78, 5) is 4.43. The van der Waals surface area contributed by atoms with E-state index in [4.69, 9.17) is 33.5 Å². The number of aromatic nitrogens is 2. The summed E-state index contributed by atoms with van der Waals surface area (Å²) in [5, 5.41) is 4.96. The first-order valence-corrected chi connectivity index (χ1v) is 7.20. The van der Waals surface area contributed by atoms with Crippen molar-refractivity contribution in [3.8, 4) is 11.4 Å². The zero-order chi connectivity index (χ0) is 14.9. The molecule has 2 unspecified atom stereocenters. The van der Waals surface area contributed by atoms with Gasteiger partial charge in [-0.15, -0.1) is 0 Å². The van der Waals surface area contributed by atoms with Gasteiger partial charge in [0.2, 0.25) is 11.7 Å². The molecule has 1 aromatic heterocycles. The molecule has 4 nitrogen and oxygen atoms in total. The molecule has 20 heavy (non-hydrogen) atoms. The molecule has 2 rings (SSSR count). The molecule has 0 radical (unpaired) electrons. The van der Waals surface area contributed by atoms with E-state index in [1.165, 1.54) is 0 Å². The second-order valence-corrected chi connectivity index (χ2v) is 6.03. The van der Waals surface area contributed by atoms with Gasteiger partial charge < -0.3 is 10.3 Å². The third kappa shape index (κ3) is 3.14. The van der Waals surface area contributed by atoms with Crippen LogP contribution in [0.3, 0.4) is 0 Å². The normalized spacial score (nSPS) is 14.6. The number of rotatable bonds is 4. The predicted octanol–water partition coefficient (Wildman–Crippen LogP) is 4.13. The van der Waals surface area contributed by atoms with Crippen LogP contribution in [0.15, 0.2) is 22.7 Å². The van der Waals surface area contributed by atoms with Crippen LogP contribution in [0.25, 0.3) is 11.4 Å². The van der Waals surface area contributed by atoms with E-state index < -0.39 is 0 Å². The van der Waals surface area contributed by atoms with E-state index >= 15 is 0 Å². The Balaban J connectivity index is 2.34. The standard InChI is InChI=1S/C14H17Cl2N3O/c1-7(2)12(8(3)17)14-18-13(19-20-14)9-4-5-10(15)11(16)6-9/h4-8,12H,17H2,1-3H3. The van der Waals surface area contributed by atoms with Crippen molar-refractivity contribution in [3.63, 3.8) is 0 Å². The van der Waals surface area contributed by atoms with Crippen LogP contribution in [0.4, 0.5) is 0 Å². The number of benzene rings is 1. The molecule has 0 saturated heterocycles. The van der Waals surface area contributed by atoms with Crippen molar-refractivity contribution < 1.29 is 4.52 Å². The van der Waals surface area contributed by atoms with Crippen LogP contribution in [0.1, 0.15) is 32.6 Å². The van der Waals surface area contributed by atoms with Crippen molar-refractivity contribution in [1.29, 1.82) is 0 Å². The molecule has 108 valence electrons. The summed E-state index contributed by atoms with van der Waals surface area (Å²) in [7, 11) is 0. The van der Waals surface area contributed by atoms with E-state index in [1.807, 2.05) is 6.92 Å².